The average Bonchev–Trinajstić information content (AvgIpc) is 2.94. The summed E-state index contributed by atoms with van der Waals surface area (Å²) in [6.45, 7) is 0. The summed E-state index contributed by atoms with van der Waals surface area (Å²) in [6.07, 6.45) is 4.84. The first-order chi connectivity index (χ1) is 8.67. The molecule has 1 aromatic carbocycles. The number of hydrogen-bond donors (Lipinski definition) is 1. The molecule has 0 radical (unpaired) electrons. The van der Waals surface area contributed by atoms with Crippen LogP contribution < -0.4 is 5.32 Å². The van der Waals surface area contributed by atoms with Crippen LogP contribution in [0.3, 0.4) is 0 Å². The molecule has 0 aromatic heterocycles. The van der Waals surface area contributed by atoms with Crippen molar-refractivity contribution < 1.29 is 4.39 Å². The monoisotopic (exact) mass is 284 g/mol. The van der Waals surface area contributed by atoms with Crippen molar-refractivity contribution in [2.75, 3.05) is 11.1 Å². The van der Waals surface area contributed by atoms with Crippen LogP contribution in [0.25, 0.3) is 0 Å². The lowest BCUT2D eigenvalue weighted by Crippen LogP contribution is -2.21. The minimum absolute atomic E-state index is 0.121. The van der Waals surface area contributed by atoms with E-state index >= 15 is 0 Å². The summed E-state index contributed by atoms with van der Waals surface area (Å²) in [5, 5.41) is 4.31. The van der Waals surface area contributed by atoms with Gasteiger partial charge in [0, 0.05) is 10.8 Å². The average molecular weight is 285 g/mol. The second-order valence-electron chi connectivity index (χ2n) is 4.89. The molecule has 1 aromatic rings. The van der Waals surface area contributed by atoms with E-state index in [9.17, 15) is 4.39 Å². The minimum Gasteiger partial charge on any atom is -0.333 e. The molecule has 96 valence electrons. The molecule has 2 nitrogen and oxygen atoms in total. The molecule has 1 aliphatic carbocycles. The molecule has 5 heteroatoms. The Morgan fingerprint density at radius 3 is 2.83 bits per heavy atom. The molecule has 2 aliphatic rings. The number of benzene rings is 1. The van der Waals surface area contributed by atoms with E-state index < -0.39 is 0 Å². The molecule has 0 bridgehead atoms. The molecular weight excluding hydrogens is 271 g/mol. The van der Waals surface area contributed by atoms with Gasteiger partial charge >= 0.3 is 0 Å². The lowest BCUT2D eigenvalue weighted by molar-refractivity contribution is 0.508. The zero-order chi connectivity index (χ0) is 12.6. The van der Waals surface area contributed by atoms with Gasteiger partial charge in [-0.3, -0.25) is 4.99 Å². The maximum Gasteiger partial charge on any atom is 0.161 e. The van der Waals surface area contributed by atoms with Crippen LogP contribution in [0.15, 0.2) is 23.2 Å². The van der Waals surface area contributed by atoms with E-state index in [1.807, 2.05) is 0 Å². The Bertz CT molecular complexity index is 498. The third kappa shape index (κ3) is 2.36. The second-order valence-corrected chi connectivity index (χ2v) is 6.29. The Hall–Kier alpha value is -0.740. The van der Waals surface area contributed by atoms with Gasteiger partial charge in [-0.2, -0.15) is 0 Å². The summed E-state index contributed by atoms with van der Waals surface area (Å²) in [7, 11) is 0. The van der Waals surface area contributed by atoms with E-state index in [1.165, 1.54) is 18.9 Å². The quantitative estimate of drug-likeness (QED) is 0.831. The number of anilines is 1. The first-order valence-corrected chi connectivity index (χ1v) is 7.48. The largest absolute Gasteiger partial charge is 0.333 e. The van der Waals surface area contributed by atoms with Gasteiger partial charge < -0.3 is 5.32 Å². The van der Waals surface area contributed by atoms with Gasteiger partial charge in [0.25, 0.3) is 0 Å². The molecule has 3 rings (SSSR count). The smallest absolute Gasteiger partial charge is 0.161 e. The third-order valence-corrected chi connectivity index (χ3v) is 4.91. The zero-order valence-corrected chi connectivity index (χ0v) is 11.5. The Morgan fingerprint density at radius 1 is 1.33 bits per heavy atom. The fraction of sp³-hybridized carbons (Fsp3) is 0.462. The van der Waals surface area contributed by atoms with E-state index in [2.05, 4.69) is 5.32 Å². The number of aliphatic imine (C=N–C) groups is 1. The number of amidine groups is 1. The van der Waals surface area contributed by atoms with Gasteiger partial charge in [0.05, 0.1) is 11.2 Å². The standard InChI is InChI=1S/C13H14ClFN2S/c14-9-3-4-11(10(15)7-9)16-12-17-13(8-18-12)5-1-2-6-13/h3-4,7H,1-2,5-6,8H2,(H,16,17). The number of nitrogens with zero attached hydrogens (tertiary/aromatic N) is 1. The third-order valence-electron chi connectivity index (χ3n) is 3.52. The molecule has 1 heterocycles. The SMILES string of the molecule is Fc1cc(Cl)ccc1NC1=NC2(CCCC2)CS1. The highest BCUT2D eigenvalue weighted by Gasteiger charge is 2.38. The maximum absolute atomic E-state index is 13.7. The van der Waals surface area contributed by atoms with E-state index in [4.69, 9.17) is 16.6 Å². The predicted octanol–water partition coefficient (Wildman–Crippen LogP) is 4.31. The molecule has 1 aliphatic heterocycles. The molecule has 0 amide bonds. The van der Waals surface area contributed by atoms with Crippen LogP contribution in [0.5, 0.6) is 0 Å². The first kappa shape index (κ1) is 12.3. The molecule has 1 fully saturated rings. The highest BCUT2D eigenvalue weighted by atomic mass is 35.5. The molecule has 18 heavy (non-hydrogen) atoms. The van der Waals surface area contributed by atoms with Crippen LogP contribution >= 0.6 is 23.4 Å². The number of hydrogen-bond acceptors (Lipinski definition) is 3. The van der Waals surface area contributed by atoms with Crippen molar-refractivity contribution in [3.63, 3.8) is 0 Å². The van der Waals surface area contributed by atoms with Crippen molar-refractivity contribution >= 4 is 34.2 Å². The molecule has 1 N–H and O–H groups in total. The van der Waals surface area contributed by atoms with Gasteiger partial charge in [0.1, 0.15) is 5.82 Å². The second kappa shape index (κ2) is 4.74. The highest BCUT2D eigenvalue weighted by molar-refractivity contribution is 8.14. The molecular formula is C13H14ClFN2S. The van der Waals surface area contributed by atoms with Crippen LogP contribution in [0.4, 0.5) is 10.1 Å². The van der Waals surface area contributed by atoms with Gasteiger partial charge in [-0.1, -0.05) is 36.2 Å². The van der Waals surface area contributed by atoms with E-state index in [0.29, 0.717) is 10.7 Å². The lowest BCUT2D eigenvalue weighted by Gasteiger charge is -2.16. The van der Waals surface area contributed by atoms with Gasteiger partial charge in [0.2, 0.25) is 0 Å². The van der Waals surface area contributed by atoms with E-state index in [-0.39, 0.29) is 11.4 Å². The minimum atomic E-state index is -0.335. The van der Waals surface area contributed by atoms with Crippen molar-refractivity contribution in [3.05, 3.63) is 29.0 Å². The normalized spacial score (nSPS) is 21.3. The summed E-state index contributed by atoms with van der Waals surface area (Å²) >= 11 is 7.41. The number of rotatable bonds is 1. The number of thioether (sulfide) groups is 1. The molecule has 1 spiro atoms. The van der Waals surface area contributed by atoms with Crippen molar-refractivity contribution in [2.45, 2.75) is 31.2 Å². The van der Waals surface area contributed by atoms with E-state index in [1.54, 1.807) is 23.9 Å². The van der Waals surface area contributed by atoms with Crippen LogP contribution in [-0.2, 0) is 0 Å². The summed E-state index contributed by atoms with van der Waals surface area (Å²) in [5.74, 6) is 0.683. The number of nitrogens with one attached hydrogen (secondary N) is 1. The summed E-state index contributed by atoms with van der Waals surface area (Å²) in [5.41, 5.74) is 0.566. The summed E-state index contributed by atoms with van der Waals surface area (Å²) < 4.78 is 13.7. The Labute approximate surface area is 115 Å². The molecule has 0 saturated heterocycles. The fourth-order valence-corrected chi connectivity index (χ4v) is 3.90. The maximum atomic E-state index is 13.7. The van der Waals surface area contributed by atoms with Crippen molar-refractivity contribution in [3.8, 4) is 0 Å². The van der Waals surface area contributed by atoms with Crippen LogP contribution in [0.2, 0.25) is 5.02 Å². The van der Waals surface area contributed by atoms with Gasteiger partial charge in [-0.25, -0.2) is 4.39 Å². The van der Waals surface area contributed by atoms with Gasteiger partial charge in [-0.15, -0.1) is 0 Å². The predicted molar refractivity (Wildman–Crippen MR) is 76.1 cm³/mol. The number of halogens is 2. The summed E-state index contributed by atoms with van der Waals surface area (Å²) in [6, 6.07) is 4.65. The zero-order valence-electron chi connectivity index (χ0n) is 9.88. The molecule has 0 unspecified atom stereocenters. The van der Waals surface area contributed by atoms with Crippen molar-refractivity contribution in [1.29, 1.82) is 0 Å². The Balaban J connectivity index is 1.77. The first-order valence-electron chi connectivity index (χ1n) is 6.12. The molecule has 0 atom stereocenters. The fourth-order valence-electron chi connectivity index (χ4n) is 2.54. The molecule has 1 saturated carbocycles. The Morgan fingerprint density at radius 2 is 2.11 bits per heavy atom. The topological polar surface area (TPSA) is 24.4 Å². The van der Waals surface area contributed by atoms with Crippen LogP contribution in [-0.4, -0.2) is 16.5 Å². The van der Waals surface area contributed by atoms with Crippen LogP contribution in [0, 0.1) is 5.82 Å². The van der Waals surface area contributed by atoms with E-state index in [0.717, 1.165) is 23.8 Å². The van der Waals surface area contributed by atoms with Crippen LogP contribution in [0.1, 0.15) is 25.7 Å². The highest BCUT2D eigenvalue weighted by Crippen LogP contribution is 2.41. The Kier molecular flexibility index (Phi) is 3.24. The van der Waals surface area contributed by atoms with Crippen molar-refractivity contribution in [1.82, 2.24) is 0 Å². The van der Waals surface area contributed by atoms with Gasteiger partial charge in [-0.05, 0) is 31.0 Å². The lowest BCUT2D eigenvalue weighted by atomic mass is 10.0. The summed E-state index contributed by atoms with van der Waals surface area (Å²) in [4.78, 5) is 4.75. The van der Waals surface area contributed by atoms with Crippen molar-refractivity contribution in [2.24, 2.45) is 4.99 Å². The van der Waals surface area contributed by atoms with Gasteiger partial charge in [0.15, 0.2) is 5.17 Å².